The molecule has 0 fully saturated rings. The first-order chi connectivity index (χ1) is 28.6. The Balaban J connectivity index is 0.0000174. The molecule has 0 spiro atoms. The van der Waals surface area contributed by atoms with Crippen LogP contribution in [0.3, 0.4) is 0 Å². The second-order valence-electron chi connectivity index (χ2n) is 17.8. The van der Waals surface area contributed by atoms with Crippen LogP contribution in [-0.2, 0) is 42.2 Å². The summed E-state index contributed by atoms with van der Waals surface area (Å²) in [5.41, 5.74) is 8.90. The molecule has 3 heteroatoms. The minimum Gasteiger partial charge on any atom is -0.255 e. The summed E-state index contributed by atoms with van der Waals surface area (Å²) in [5.74, 6) is 0. The van der Waals surface area contributed by atoms with Crippen LogP contribution in [0.4, 0.5) is 11.4 Å². The fraction of sp³-hybridized carbons (Fsp3) is 0.714. The largest absolute Gasteiger partial charge is 0.255 e. The first-order valence-corrected chi connectivity index (χ1v) is 25.7. The van der Waals surface area contributed by atoms with E-state index in [4.69, 9.17) is 9.98 Å². The molecule has 2 aromatic rings. The molecule has 0 N–H and O–H groups in total. The summed E-state index contributed by atoms with van der Waals surface area (Å²) in [7, 11) is 0. The summed E-state index contributed by atoms with van der Waals surface area (Å²) in [6, 6.07) is 14.2. The SMILES string of the molecule is CCCCCCCCCCCCCCCCCCCC/C=C/C(C=Nc1cc(CCCCC)cc(CCCCC)c1)=Nc1cc(CCCCC)cc(CCCCC)c1.[Ni]. The van der Waals surface area contributed by atoms with Crippen molar-refractivity contribution in [2.45, 2.75) is 259 Å². The fourth-order valence-electron chi connectivity index (χ4n) is 8.29. The Hall–Kier alpha value is -1.99. The molecule has 0 amide bonds. The van der Waals surface area contributed by atoms with E-state index in [0.717, 1.165) is 49.2 Å². The van der Waals surface area contributed by atoms with Gasteiger partial charge in [-0.05, 0) is 117 Å². The molecule has 338 valence electrons. The maximum absolute atomic E-state index is 5.32. The zero-order valence-electron chi connectivity index (χ0n) is 39.7. The molecule has 2 nitrogen and oxygen atoms in total. The Labute approximate surface area is 378 Å². The second-order valence-corrected chi connectivity index (χ2v) is 17.8. The Bertz CT molecular complexity index is 1280. The van der Waals surface area contributed by atoms with Crippen LogP contribution >= 0.6 is 0 Å². The monoisotopic (exact) mass is 853 g/mol. The predicted octanol–water partition coefficient (Wildman–Crippen LogP) is 19.1. The van der Waals surface area contributed by atoms with Crippen LogP contribution in [0.25, 0.3) is 0 Å². The van der Waals surface area contributed by atoms with Gasteiger partial charge in [0.2, 0.25) is 0 Å². The summed E-state index contributed by atoms with van der Waals surface area (Å²) < 4.78 is 0. The van der Waals surface area contributed by atoms with Crippen LogP contribution < -0.4 is 0 Å². The van der Waals surface area contributed by atoms with Crippen LogP contribution in [0.15, 0.2) is 58.5 Å². The van der Waals surface area contributed by atoms with E-state index >= 15 is 0 Å². The fourth-order valence-corrected chi connectivity index (χ4v) is 8.29. The molecule has 0 radical (unpaired) electrons. The number of allylic oxidation sites excluding steroid dienone is 2. The number of aliphatic imine (C=N–C) groups is 2. The van der Waals surface area contributed by atoms with Crippen LogP contribution in [-0.4, -0.2) is 11.9 Å². The van der Waals surface area contributed by atoms with Gasteiger partial charge in [-0.1, -0.05) is 213 Å². The molecule has 0 aromatic heterocycles. The third-order valence-electron chi connectivity index (χ3n) is 12.0. The number of aryl methyl sites for hydroxylation is 4. The first-order valence-electron chi connectivity index (χ1n) is 25.7. The minimum atomic E-state index is 0. The van der Waals surface area contributed by atoms with E-state index in [1.807, 2.05) is 6.21 Å². The van der Waals surface area contributed by atoms with Crippen LogP contribution in [0.1, 0.15) is 256 Å². The Morgan fingerprint density at radius 2 is 0.678 bits per heavy atom. The Kier molecular flexibility index (Phi) is 37.4. The quantitative estimate of drug-likeness (QED) is 0.0364. The zero-order valence-corrected chi connectivity index (χ0v) is 40.6. The number of hydrogen-bond donors (Lipinski definition) is 0. The van der Waals surface area contributed by atoms with Crippen LogP contribution in [0, 0.1) is 0 Å². The molecule has 0 saturated carbocycles. The van der Waals surface area contributed by atoms with E-state index in [0.29, 0.717) is 0 Å². The summed E-state index contributed by atoms with van der Waals surface area (Å²) in [4.78, 5) is 10.5. The van der Waals surface area contributed by atoms with Crippen molar-refractivity contribution in [2.24, 2.45) is 9.98 Å². The summed E-state index contributed by atoms with van der Waals surface area (Å²) in [5, 5.41) is 0. The van der Waals surface area contributed by atoms with Crippen molar-refractivity contribution in [3.05, 3.63) is 70.8 Å². The van der Waals surface area contributed by atoms with Crippen LogP contribution in [0.2, 0.25) is 0 Å². The minimum absolute atomic E-state index is 0. The van der Waals surface area contributed by atoms with Crippen molar-refractivity contribution in [3.63, 3.8) is 0 Å². The van der Waals surface area contributed by atoms with E-state index in [9.17, 15) is 0 Å². The molecule has 0 unspecified atom stereocenters. The maximum atomic E-state index is 5.32. The topological polar surface area (TPSA) is 24.7 Å². The molecular formula is C56H94N2Ni. The van der Waals surface area contributed by atoms with Crippen molar-refractivity contribution >= 4 is 23.3 Å². The van der Waals surface area contributed by atoms with E-state index in [1.54, 1.807) is 0 Å². The summed E-state index contributed by atoms with van der Waals surface area (Å²) in [6.45, 7) is 11.5. The van der Waals surface area contributed by atoms with Crippen molar-refractivity contribution in [1.82, 2.24) is 0 Å². The molecule has 0 bridgehead atoms. The maximum Gasteiger partial charge on any atom is 0.0816 e. The van der Waals surface area contributed by atoms with Gasteiger partial charge in [0.25, 0.3) is 0 Å². The van der Waals surface area contributed by atoms with Gasteiger partial charge < -0.3 is 0 Å². The number of rotatable bonds is 39. The molecule has 2 aromatic carbocycles. The molecular weight excluding hydrogens is 759 g/mol. The molecule has 0 aliphatic heterocycles. The Morgan fingerprint density at radius 3 is 1.03 bits per heavy atom. The van der Waals surface area contributed by atoms with Crippen LogP contribution in [0.5, 0.6) is 0 Å². The number of hydrogen-bond acceptors (Lipinski definition) is 2. The van der Waals surface area contributed by atoms with Crippen molar-refractivity contribution in [3.8, 4) is 0 Å². The number of nitrogens with zero attached hydrogens (tertiary/aromatic N) is 2. The van der Waals surface area contributed by atoms with Gasteiger partial charge in [-0.3, -0.25) is 4.99 Å². The van der Waals surface area contributed by atoms with E-state index in [2.05, 4.69) is 83.2 Å². The normalized spacial score (nSPS) is 12.0. The standard InChI is InChI=1S/C56H94N2.Ni/c1-6-11-16-17-18-19-20-21-22-23-24-25-26-27-28-29-30-31-32-37-42-54(58-56-47-52(40-35-14-9-4)44-53(48-56)41-36-15-10-5)49-57-55-45-50(38-33-12-7-2)43-51(46-55)39-34-13-8-3;/h37,42-49H,6-36,38-41H2,1-5H3;/b42-37+,57-49?,58-54?;. The average Bonchev–Trinajstić information content (AvgIpc) is 3.22. The molecule has 0 heterocycles. The molecule has 0 aliphatic carbocycles. The average molecular weight is 854 g/mol. The van der Waals surface area contributed by atoms with Crippen molar-refractivity contribution in [1.29, 1.82) is 0 Å². The smallest absolute Gasteiger partial charge is 0.0816 e. The predicted molar refractivity (Wildman–Crippen MR) is 264 cm³/mol. The van der Waals surface area contributed by atoms with Gasteiger partial charge in [0.05, 0.1) is 23.3 Å². The van der Waals surface area contributed by atoms with Crippen molar-refractivity contribution in [2.75, 3.05) is 0 Å². The third-order valence-corrected chi connectivity index (χ3v) is 12.0. The number of unbranched alkanes of at least 4 members (excludes halogenated alkanes) is 26. The molecule has 2 rings (SSSR count). The van der Waals surface area contributed by atoms with Crippen molar-refractivity contribution < 1.29 is 16.5 Å². The van der Waals surface area contributed by atoms with E-state index in [1.165, 1.54) is 215 Å². The molecule has 59 heavy (non-hydrogen) atoms. The zero-order chi connectivity index (χ0) is 41.6. The first kappa shape index (κ1) is 55.0. The molecule has 0 saturated heterocycles. The molecule has 0 atom stereocenters. The van der Waals surface area contributed by atoms with E-state index in [-0.39, 0.29) is 16.5 Å². The summed E-state index contributed by atoms with van der Waals surface area (Å²) >= 11 is 0. The second kappa shape index (κ2) is 40.1. The van der Waals surface area contributed by atoms with Gasteiger partial charge in [-0.15, -0.1) is 0 Å². The molecule has 0 aliphatic rings. The van der Waals surface area contributed by atoms with Gasteiger partial charge in [-0.2, -0.15) is 0 Å². The van der Waals surface area contributed by atoms with Gasteiger partial charge >= 0.3 is 0 Å². The third kappa shape index (κ3) is 30.7. The number of benzene rings is 2. The van der Waals surface area contributed by atoms with Gasteiger partial charge in [0, 0.05) is 16.5 Å². The Morgan fingerprint density at radius 1 is 0.373 bits per heavy atom. The van der Waals surface area contributed by atoms with E-state index < -0.39 is 0 Å². The summed E-state index contributed by atoms with van der Waals surface area (Å²) in [6.07, 6.45) is 53.1. The van der Waals surface area contributed by atoms with Gasteiger partial charge in [0.15, 0.2) is 0 Å². The van der Waals surface area contributed by atoms with Gasteiger partial charge in [-0.25, -0.2) is 4.99 Å². The van der Waals surface area contributed by atoms with Gasteiger partial charge in [0.1, 0.15) is 0 Å².